The van der Waals surface area contributed by atoms with Crippen LogP contribution in [0.2, 0.25) is 0 Å². The normalized spacial score (nSPS) is 24.5. The molecule has 1 saturated carbocycles. The van der Waals surface area contributed by atoms with Crippen molar-refractivity contribution in [3.63, 3.8) is 0 Å². The number of ether oxygens (including phenoxy) is 1. The Labute approximate surface area is 135 Å². The standard InChI is InChI=1S/C18H19N3O2/c1-18(2)15-16(20-8-7-19-15)21(17(18)22)14-10-13(14)11-5-4-6-12(9-11)23-3/h4-9,13-14H,10H2,1-3H3/t13-,14?/m1/s1. The van der Waals surface area contributed by atoms with Gasteiger partial charge >= 0.3 is 0 Å². The molecule has 4 rings (SSSR count). The highest BCUT2D eigenvalue weighted by Gasteiger charge is 2.55. The summed E-state index contributed by atoms with van der Waals surface area (Å²) in [6.07, 6.45) is 4.26. The third-order valence-corrected chi connectivity index (χ3v) is 4.86. The summed E-state index contributed by atoms with van der Waals surface area (Å²) in [6.45, 7) is 3.84. The molecule has 0 saturated heterocycles. The zero-order valence-electron chi connectivity index (χ0n) is 13.5. The molecule has 1 aromatic carbocycles. The highest BCUT2D eigenvalue weighted by atomic mass is 16.5. The molecular formula is C18H19N3O2. The number of rotatable bonds is 3. The average Bonchev–Trinajstić information content (AvgIpc) is 3.32. The Morgan fingerprint density at radius 1 is 1.26 bits per heavy atom. The number of methoxy groups -OCH3 is 1. The van der Waals surface area contributed by atoms with E-state index >= 15 is 0 Å². The summed E-state index contributed by atoms with van der Waals surface area (Å²) in [5.41, 5.74) is 1.38. The fourth-order valence-electron chi connectivity index (χ4n) is 3.45. The Hall–Kier alpha value is -2.43. The van der Waals surface area contributed by atoms with Crippen LogP contribution in [-0.2, 0) is 10.2 Å². The molecule has 0 N–H and O–H groups in total. The molecule has 1 aromatic heterocycles. The molecular weight excluding hydrogens is 290 g/mol. The van der Waals surface area contributed by atoms with Crippen molar-refractivity contribution in [2.75, 3.05) is 12.0 Å². The third-order valence-electron chi connectivity index (χ3n) is 4.86. The lowest BCUT2D eigenvalue weighted by Crippen LogP contribution is -2.38. The highest BCUT2D eigenvalue weighted by Crippen LogP contribution is 2.51. The molecule has 2 aromatic rings. The molecule has 118 valence electrons. The Kier molecular flexibility index (Phi) is 2.95. The lowest BCUT2D eigenvalue weighted by Gasteiger charge is -2.19. The number of hydrogen-bond donors (Lipinski definition) is 0. The SMILES string of the molecule is COc1cccc([C@H]2CC2N2C(=O)C(C)(C)c3nccnc32)c1. The maximum absolute atomic E-state index is 12.9. The van der Waals surface area contributed by atoms with Gasteiger partial charge in [0.2, 0.25) is 5.91 Å². The lowest BCUT2D eigenvalue weighted by atomic mass is 9.91. The van der Waals surface area contributed by atoms with Crippen molar-refractivity contribution >= 4 is 11.7 Å². The van der Waals surface area contributed by atoms with E-state index in [0.717, 1.165) is 23.7 Å². The van der Waals surface area contributed by atoms with Gasteiger partial charge in [0, 0.05) is 24.4 Å². The number of anilines is 1. The van der Waals surface area contributed by atoms with Crippen molar-refractivity contribution in [2.24, 2.45) is 0 Å². The summed E-state index contributed by atoms with van der Waals surface area (Å²) in [6, 6.07) is 8.23. The van der Waals surface area contributed by atoms with Gasteiger partial charge in [0.05, 0.1) is 18.2 Å². The molecule has 0 spiro atoms. The molecule has 1 aliphatic carbocycles. The van der Waals surface area contributed by atoms with Gasteiger partial charge in [0.25, 0.3) is 0 Å². The summed E-state index contributed by atoms with van der Waals surface area (Å²) in [5.74, 6) is 1.99. The number of carbonyl (C=O) groups excluding carboxylic acids is 1. The van der Waals surface area contributed by atoms with Crippen LogP contribution < -0.4 is 9.64 Å². The molecule has 5 heteroatoms. The Morgan fingerprint density at radius 3 is 2.83 bits per heavy atom. The summed E-state index contributed by atoms with van der Waals surface area (Å²) in [7, 11) is 1.67. The predicted octanol–water partition coefficient (Wildman–Crippen LogP) is 2.67. The largest absolute Gasteiger partial charge is 0.497 e. The Morgan fingerprint density at radius 2 is 2.04 bits per heavy atom. The zero-order chi connectivity index (χ0) is 16.2. The van der Waals surface area contributed by atoms with Gasteiger partial charge in [-0.25, -0.2) is 4.98 Å². The van der Waals surface area contributed by atoms with E-state index in [1.54, 1.807) is 19.5 Å². The van der Waals surface area contributed by atoms with E-state index < -0.39 is 5.41 Å². The minimum atomic E-state index is -0.606. The fourth-order valence-corrected chi connectivity index (χ4v) is 3.45. The Balaban J connectivity index is 1.67. The van der Waals surface area contributed by atoms with Crippen LogP contribution in [0.5, 0.6) is 5.75 Å². The smallest absolute Gasteiger partial charge is 0.240 e. The minimum Gasteiger partial charge on any atom is -0.497 e. The number of hydrogen-bond acceptors (Lipinski definition) is 4. The first-order valence-electron chi connectivity index (χ1n) is 7.83. The van der Waals surface area contributed by atoms with Crippen LogP contribution in [0.15, 0.2) is 36.7 Å². The maximum Gasteiger partial charge on any atom is 0.240 e. The minimum absolute atomic E-state index is 0.0918. The van der Waals surface area contributed by atoms with Crippen molar-refractivity contribution in [1.82, 2.24) is 9.97 Å². The van der Waals surface area contributed by atoms with E-state index in [-0.39, 0.29) is 11.9 Å². The summed E-state index contributed by atoms with van der Waals surface area (Å²) in [4.78, 5) is 23.6. The summed E-state index contributed by atoms with van der Waals surface area (Å²) < 4.78 is 5.30. The maximum atomic E-state index is 12.9. The number of fused-ring (bicyclic) bond motifs is 1. The van der Waals surface area contributed by atoms with Gasteiger partial charge in [-0.05, 0) is 38.0 Å². The van der Waals surface area contributed by atoms with Gasteiger partial charge in [0.1, 0.15) is 5.75 Å². The summed E-state index contributed by atoms with van der Waals surface area (Å²) >= 11 is 0. The molecule has 0 radical (unpaired) electrons. The van der Waals surface area contributed by atoms with Crippen LogP contribution in [0.3, 0.4) is 0 Å². The van der Waals surface area contributed by atoms with E-state index in [2.05, 4.69) is 16.0 Å². The molecule has 1 unspecified atom stereocenters. The molecule has 1 fully saturated rings. The number of benzene rings is 1. The van der Waals surface area contributed by atoms with E-state index in [4.69, 9.17) is 4.74 Å². The molecule has 2 aliphatic rings. The summed E-state index contributed by atoms with van der Waals surface area (Å²) in [5, 5.41) is 0. The van der Waals surface area contributed by atoms with Crippen LogP contribution in [0.1, 0.15) is 37.4 Å². The van der Waals surface area contributed by atoms with E-state index in [1.807, 2.05) is 36.9 Å². The number of aromatic nitrogens is 2. The van der Waals surface area contributed by atoms with Gasteiger partial charge in [-0.2, -0.15) is 0 Å². The first kappa shape index (κ1) is 14.2. The first-order valence-corrected chi connectivity index (χ1v) is 7.83. The van der Waals surface area contributed by atoms with Crippen molar-refractivity contribution in [3.05, 3.63) is 47.9 Å². The van der Waals surface area contributed by atoms with Crippen molar-refractivity contribution in [3.8, 4) is 5.75 Å². The Bertz CT molecular complexity index is 787. The van der Waals surface area contributed by atoms with Crippen LogP contribution >= 0.6 is 0 Å². The number of nitrogens with zero attached hydrogens (tertiary/aromatic N) is 3. The van der Waals surface area contributed by atoms with Crippen molar-refractivity contribution in [2.45, 2.75) is 37.6 Å². The molecule has 23 heavy (non-hydrogen) atoms. The van der Waals surface area contributed by atoms with Gasteiger partial charge < -0.3 is 4.74 Å². The van der Waals surface area contributed by atoms with Crippen molar-refractivity contribution in [1.29, 1.82) is 0 Å². The van der Waals surface area contributed by atoms with Crippen LogP contribution in [-0.4, -0.2) is 29.0 Å². The van der Waals surface area contributed by atoms with E-state index in [1.165, 1.54) is 5.56 Å². The lowest BCUT2D eigenvalue weighted by molar-refractivity contribution is -0.122. The zero-order valence-corrected chi connectivity index (χ0v) is 13.5. The van der Waals surface area contributed by atoms with Crippen LogP contribution in [0.4, 0.5) is 5.82 Å². The second kappa shape index (κ2) is 4.78. The van der Waals surface area contributed by atoms with E-state index in [9.17, 15) is 4.79 Å². The van der Waals surface area contributed by atoms with Crippen LogP contribution in [0.25, 0.3) is 0 Å². The number of carbonyl (C=O) groups is 1. The van der Waals surface area contributed by atoms with Crippen molar-refractivity contribution < 1.29 is 9.53 Å². The average molecular weight is 309 g/mol. The number of amides is 1. The molecule has 2 atom stereocenters. The molecule has 1 amide bonds. The molecule has 2 heterocycles. The highest BCUT2D eigenvalue weighted by molar-refractivity contribution is 6.06. The second-order valence-corrected chi connectivity index (χ2v) is 6.71. The third kappa shape index (κ3) is 2.03. The topological polar surface area (TPSA) is 55.3 Å². The molecule has 5 nitrogen and oxygen atoms in total. The van der Waals surface area contributed by atoms with Gasteiger partial charge in [-0.3, -0.25) is 14.7 Å². The molecule has 0 bridgehead atoms. The van der Waals surface area contributed by atoms with Crippen LogP contribution in [0, 0.1) is 0 Å². The first-order chi connectivity index (χ1) is 11.0. The van der Waals surface area contributed by atoms with E-state index in [0.29, 0.717) is 5.92 Å². The van der Waals surface area contributed by atoms with Gasteiger partial charge in [-0.1, -0.05) is 12.1 Å². The predicted molar refractivity (Wildman–Crippen MR) is 86.7 cm³/mol. The molecule has 1 aliphatic heterocycles. The second-order valence-electron chi connectivity index (χ2n) is 6.71. The van der Waals surface area contributed by atoms with Gasteiger partial charge in [-0.15, -0.1) is 0 Å². The monoisotopic (exact) mass is 309 g/mol. The fraction of sp³-hybridized carbons (Fsp3) is 0.389. The quantitative estimate of drug-likeness (QED) is 0.874. The van der Waals surface area contributed by atoms with Gasteiger partial charge in [0.15, 0.2) is 5.82 Å².